The molecule has 0 spiro atoms. The molecule has 0 fully saturated rings. The Morgan fingerprint density at radius 3 is 1.63 bits per heavy atom. The summed E-state index contributed by atoms with van der Waals surface area (Å²) in [6.45, 7) is 14.3. The highest BCUT2D eigenvalue weighted by molar-refractivity contribution is 5.43. The second-order valence-corrected chi connectivity index (χ2v) is 9.15. The van der Waals surface area contributed by atoms with Crippen LogP contribution >= 0.6 is 0 Å². The van der Waals surface area contributed by atoms with Crippen LogP contribution < -0.4 is 0 Å². The van der Waals surface area contributed by atoms with Crippen molar-refractivity contribution in [2.45, 2.75) is 66.2 Å². The molecule has 0 N–H and O–H groups in total. The summed E-state index contributed by atoms with van der Waals surface area (Å²) in [7, 11) is 0. The zero-order chi connectivity index (χ0) is 26.5. The summed E-state index contributed by atoms with van der Waals surface area (Å²) in [5.41, 5.74) is 5.89. The molecule has 0 amide bonds. The van der Waals surface area contributed by atoms with E-state index in [4.69, 9.17) is 15.8 Å². The fourth-order valence-electron chi connectivity index (χ4n) is 3.45. The fraction of sp³-hybridized carbons (Fsp3) is 0.323. The van der Waals surface area contributed by atoms with Crippen molar-refractivity contribution < 1.29 is 4.39 Å². The monoisotopic (exact) mass is 467 g/mol. The van der Waals surface area contributed by atoms with Crippen molar-refractivity contribution in [2.24, 2.45) is 0 Å². The van der Waals surface area contributed by atoms with E-state index in [9.17, 15) is 4.39 Å². The minimum absolute atomic E-state index is 0.123. The van der Waals surface area contributed by atoms with E-state index in [0.717, 1.165) is 16.7 Å². The smallest absolute Gasteiger partial charge is 0.144 e. The van der Waals surface area contributed by atoms with E-state index in [0.29, 0.717) is 17.4 Å². The summed E-state index contributed by atoms with van der Waals surface area (Å²) in [5.74, 6) is 0.745. The van der Waals surface area contributed by atoms with Crippen LogP contribution in [0.1, 0.15) is 98.2 Å². The van der Waals surface area contributed by atoms with Gasteiger partial charge in [0.25, 0.3) is 0 Å². The Balaban J connectivity index is 0.000000263. The van der Waals surface area contributed by atoms with Crippen LogP contribution in [0, 0.1) is 46.7 Å². The minimum Gasteiger partial charge on any atom is -0.205 e. The molecule has 180 valence electrons. The van der Waals surface area contributed by atoms with Gasteiger partial charge in [0, 0.05) is 0 Å². The number of hydrogen-bond donors (Lipinski definition) is 0. The molecule has 0 saturated heterocycles. The summed E-state index contributed by atoms with van der Waals surface area (Å²) in [6, 6.07) is 24.7. The third-order valence-electron chi connectivity index (χ3n) is 5.57. The first kappa shape index (κ1) is 29.1. The molecule has 0 aromatic heterocycles. The first-order chi connectivity index (χ1) is 16.6. The van der Waals surface area contributed by atoms with Crippen molar-refractivity contribution in [3.63, 3.8) is 0 Å². The molecule has 3 nitrogen and oxygen atoms in total. The van der Waals surface area contributed by atoms with Crippen molar-refractivity contribution in [1.29, 1.82) is 15.8 Å². The molecule has 0 unspecified atom stereocenters. The molecule has 0 aliphatic carbocycles. The van der Waals surface area contributed by atoms with Crippen LogP contribution in [-0.4, -0.2) is 0 Å². The molecule has 0 saturated carbocycles. The average molecular weight is 468 g/mol. The van der Waals surface area contributed by atoms with Crippen LogP contribution in [-0.2, 0) is 0 Å². The highest BCUT2D eigenvalue weighted by Crippen LogP contribution is 2.21. The third-order valence-corrected chi connectivity index (χ3v) is 5.57. The normalized spacial score (nSPS) is 9.83. The Bertz CT molecular complexity index is 1170. The van der Waals surface area contributed by atoms with Gasteiger partial charge in [0.15, 0.2) is 0 Å². The van der Waals surface area contributed by atoms with Gasteiger partial charge in [0.05, 0.1) is 28.8 Å². The zero-order valence-corrected chi connectivity index (χ0v) is 21.7. The largest absolute Gasteiger partial charge is 0.205 e. The second kappa shape index (κ2) is 14.3. The Labute approximate surface area is 210 Å². The Hall–Kier alpha value is -3.94. The van der Waals surface area contributed by atoms with Gasteiger partial charge in [0.2, 0.25) is 0 Å². The maximum absolute atomic E-state index is 13.3. The lowest BCUT2D eigenvalue weighted by Gasteiger charge is -2.09. The van der Waals surface area contributed by atoms with Gasteiger partial charge in [-0.1, -0.05) is 77.9 Å². The van der Waals surface area contributed by atoms with Crippen LogP contribution in [0.25, 0.3) is 0 Å². The average Bonchev–Trinajstić information content (AvgIpc) is 2.84. The Morgan fingerprint density at radius 1 is 0.629 bits per heavy atom. The van der Waals surface area contributed by atoms with E-state index in [-0.39, 0.29) is 17.3 Å². The van der Waals surface area contributed by atoms with Crippen molar-refractivity contribution in [2.75, 3.05) is 0 Å². The van der Waals surface area contributed by atoms with Gasteiger partial charge in [-0.2, -0.15) is 15.8 Å². The predicted molar refractivity (Wildman–Crippen MR) is 140 cm³/mol. The summed E-state index contributed by atoms with van der Waals surface area (Å²) in [5, 5.41) is 25.9. The van der Waals surface area contributed by atoms with E-state index in [2.05, 4.69) is 45.9 Å². The van der Waals surface area contributed by atoms with Gasteiger partial charge in [-0.05, 0) is 71.2 Å². The summed E-state index contributed by atoms with van der Waals surface area (Å²) < 4.78 is 13.3. The maximum Gasteiger partial charge on any atom is 0.144 e. The molecule has 0 aliphatic heterocycles. The molecule has 0 radical (unpaired) electrons. The summed E-state index contributed by atoms with van der Waals surface area (Å²) in [6.07, 6.45) is 0. The number of benzene rings is 3. The van der Waals surface area contributed by atoms with E-state index in [1.54, 1.807) is 12.1 Å². The second-order valence-electron chi connectivity index (χ2n) is 9.15. The molecule has 0 bridgehead atoms. The summed E-state index contributed by atoms with van der Waals surface area (Å²) >= 11 is 0. The van der Waals surface area contributed by atoms with Gasteiger partial charge in [-0.15, -0.1) is 0 Å². The van der Waals surface area contributed by atoms with Crippen LogP contribution in [0.15, 0.2) is 60.7 Å². The summed E-state index contributed by atoms with van der Waals surface area (Å²) in [4.78, 5) is 0. The minimum atomic E-state index is -0.380. The molecule has 0 aliphatic rings. The van der Waals surface area contributed by atoms with Gasteiger partial charge >= 0.3 is 0 Å². The maximum atomic E-state index is 13.3. The number of hydrogen-bond acceptors (Lipinski definition) is 3. The molecule has 0 heterocycles. The van der Waals surface area contributed by atoms with Crippen LogP contribution in [0.5, 0.6) is 0 Å². The van der Waals surface area contributed by atoms with Gasteiger partial charge in [0.1, 0.15) is 11.9 Å². The fourth-order valence-corrected chi connectivity index (χ4v) is 3.45. The highest BCUT2D eigenvalue weighted by Gasteiger charge is 2.09. The number of halogens is 1. The van der Waals surface area contributed by atoms with E-state index in [1.807, 2.05) is 63.2 Å². The van der Waals surface area contributed by atoms with Crippen molar-refractivity contribution in [3.8, 4) is 18.2 Å². The van der Waals surface area contributed by atoms with Crippen molar-refractivity contribution >= 4 is 0 Å². The quantitative estimate of drug-likeness (QED) is 0.387. The van der Waals surface area contributed by atoms with Gasteiger partial charge < -0.3 is 0 Å². The third kappa shape index (κ3) is 8.73. The van der Waals surface area contributed by atoms with Crippen molar-refractivity contribution in [1.82, 2.24) is 0 Å². The molecular formula is C31H34FN3. The Morgan fingerprint density at radius 2 is 1.14 bits per heavy atom. The van der Waals surface area contributed by atoms with Crippen LogP contribution in [0.2, 0.25) is 0 Å². The lowest BCUT2D eigenvalue weighted by Crippen LogP contribution is -1.95. The first-order valence-corrected chi connectivity index (χ1v) is 11.7. The predicted octanol–water partition coefficient (Wildman–Crippen LogP) is 8.49. The Kier molecular flexibility index (Phi) is 11.9. The van der Waals surface area contributed by atoms with E-state index >= 15 is 0 Å². The molecule has 3 aromatic rings. The molecular weight excluding hydrogens is 433 g/mol. The topological polar surface area (TPSA) is 71.4 Å². The van der Waals surface area contributed by atoms with E-state index in [1.165, 1.54) is 17.2 Å². The SMILES string of the molecule is CC(C)c1cccc(C#N)c1.CC(C)c1cccc(C#N)c1F.Cc1c(C#N)cccc1C(C)C. The number of nitrogens with zero attached hydrogens (tertiary/aromatic N) is 3. The standard InChI is InChI=1S/C11H13N.C10H10FN.C10H11N/c1-8(2)11-6-4-5-10(7-12)9(11)3;1-7(2)9-5-3-4-8(6-12)10(9)11;1-8(2)10-5-3-4-9(6-10)7-11/h4-6,8H,1-3H3;3-5,7H,1-2H3;3-6,8H,1-2H3. The molecule has 3 aromatic carbocycles. The first-order valence-electron chi connectivity index (χ1n) is 11.7. The molecule has 0 atom stereocenters. The number of nitriles is 3. The van der Waals surface area contributed by atoms with Gasteiger partial charge in [-0.25, -0.2) is 4.39 Å². The molecule has 3 rings (SSSR count). The number of rotatable bonds is 3. The van der Waals surface area contributed by atoms with Gasteiger partial charge in [-0.3, -0.25) is 0 Å². The lowest BCUT2D eigenvalue weighted by atomic mass is 9.95. The molecule has 4 heteroatoms. The molecule has 35 heavy (non-hydrogen) atoms. The van der Waals surface area contributed by atoms with Crippen LogP contribution in [0.3, 0.4) is 0 Å². The van der Waals surface area contributed by atoms with Crippen LogP contribution in [0.4, 0.5) is 4.39 Å². The lowest BCUT2D eigenvalue weighted by molar-refractivity contribution is 0.595. The van der Waals surface area contributed by atoms with E-state index < -0.39 is 0 Å². The zero-order valence-electron chi connectivity index (χ0n) is 21.7. The highest BCUT2D eigenvalue weighted by atomic mass is 19.1. The van der Waals surface area contributed by atoms with Crippen molar-refractivity contribution in [3.05, 3.63) is 105 Å².